The van der Waals surface area contributed by atoms with Crippen LogP contribution in [0.2, 0.25) is 0 Å². The Bertz CT molecular complexity index is 1520. The zero-order chi connectivity index (χ0) is 29.3. The van der Waals surface area contributed by atoms with Gasteiger partial charge in [0.25, 0.3) is 5.91 Å². The molecule has 8 nitrogen and oxygen atoms in total. The molecule has 41 heavy (non-hydrogen) atoms. The number of piperazine rings is 1. The molecule has 0 unspecified atom stereocenters. The molecule has 1 saturated heterocycles. The van der Waals surface area contributed by atoms with Gasteiger partial charge >= 0.3 is 0 Å². The number of nitrogens with zero attached hydrogens (tertiary/aromatic N) is 5. The van der Waals surface area contributed by atoms with E-state index in [2.05, 4.69) is 90.0 Å². The molecule has 0 spiro atoms. The predicted octanol–water partition coefficient (Wildman–Crippen LogP) is 6.48. The molecule has 3 atom stereocenters. The van der Waals surface area contributed by atoms with Gasteiger partial charge in [-0.25, -0.2) is 4.68 Å². The van der Waals surface area contributed by atoms with E-state index < -0.39 is 0 Å². The maximum Gasteiger partial charge on any atom is 0.289 e. The Morgan fingerprint density at radius 2 is 1.80 bits per heavy atom. The van der Waals surface area contributed by atoms with E-state index in [0.717, 1.165) is 21.5 Å². The van der Waals surface area contributed by atoms with Crippen molar-refractivity contribution in [1.29, 1.82) is 0 Å². The highest BCUT2D eigenvalue weighted by Crippen LogP contribution is 2.25. The number of carbonyl (C=O) groups excluding carboxylic acids is 1. The molecule has 1 aliphatic rings. The summed E-state index contributed by atoms with van der Waals surface area (Å²) >= 11 is 3.58. The van der Waals surface area contributed by atoms with Crippen LogP contribution in [-0.4, -0.2) is 55.9 Å². The lowest BCUT2D eigenvalue weighted by atomic mass is 10.1. The van der Waals surface area contributed by atoms with Crippen molar-refractivity contribution < 1.29 is 13.9 Å². The summed E-state index contributed by atoms with van der Waals surface area (Å²) in [5, 5.41) is 8.90. The molecule has 1 fully saturated rings. The zero-order valence-corrected chi connectivity index (χ0v) is 26.2. The second kappa shape index (κ2) is 12.2. The number of rotatable bonds is 8. The van der Waals surface area contributed by atoms with E-state index >= 15 is 0 Å². The Morgan fingerprint density at radius 1 is 1.05 bits per heavy atom. The maximum atomic E-state index is 13.3. The third-order valence-corrected chi connectivity index (χ3v) is 8.81. The van der Waals surface area contributed by atoms with Crippen LogP contribution in [0.3, 0.4) is 0 Å². The van der Waals surface area contributed by atoms with Crippen LogP contribution in [0.1, 0.15) is 71.1 Å². The number of benzene rings is 2. The van der Waals surface area contributed by atoms with Crippen molar-refractivity contribution in [3.8, 4) is 5.75 Å². The molecule has 2 aromatic carbocycles. The fourth-order valence-corrected chi connectivity index (χ4v) is 5.76. The summed E-state index contributed by atoms with van der Waals surface area (Å²) in [6, 6.07) is 16.4. The summed E-state index contributed by atoms with van der Waals surface area (Å²) < 4.78 is 14.9. The Kier molecular flexibility index (Phi) is 8.66. The van der Waals surface area contributed by atoms with E-state index in [4.69, 9.17) is 9.15 Å². The second-order valence-corrected chi connectivity index (χ2v) is 12.1. The molecule has 9 heteroatoms. The molecular formula is C32H38BrN5O3. The molecule has 5 rings (SSSR count). The molecule has 0 bridgehead atoms. The molecule has 3 heterocycles. The van der Waals surface area contributed by atoms with Gasteiger partial charge in [-0.1, -0.05) is 51.0 Å². The number of carbonyl (C=O) groups is 1. The van der Waals surface area contributed by atoms with E-state index in [0.29, 0.717) is 31.2 Å². The first-order chi connectivity index (χ1) is 19.6. The van der Waals surface area contributed by atoms with Crippen molar-refractivity contribution in [2.24, 2.45) is 0 Å². The zero-order valence-electron chi connectivity index (χ0n) is 24.6. The molecule has 1 aliphatic heterocycles. The average Bonchev–Trinajstić information content (AvgIpc) is 3.61. The number of aromatic nitrogens is 3. The van der Waals surface area contributed by atoms with Crippen molar-refractivity contribution in [1.82, 2.24) is 24.8 Å². The predicted molar refractivity (Wildman–Crippen MR) is 162 cm³/mol. The van der Waals surface area contributed by atoms with Gasteiger partial charge in [0, 0.05) is 36.2 Å². The van der Waals surface area contributed by atoms with E-state index in [-0.39, 0.29) is 30.6 Å². The molecule has 0 saturated carbocycles. The molecule has 0 aliphatic carbocycles. The lowest BCUT2D eigenvalue weighted by Crippen LogP contribution is -2.57. The summed E-state index contributed by atoms with van der Waals surface area (Å²) in [6.45, 7) is 14.8. The number of amides is 1. The lowest BCUT2D eigenvalue weighted by molar-refractivity contribution is 0.0242. The van der Waals surface area contributed by atoms with Crippen LogP contribution >= 0.6 is 15.9 Å². The molecule has 4 aromatic rings. The lowest BCUT2D eigenvalue weighted by Gasteiger charge is -2.43. The number of halogens is 1. The third-order valence-electron chi connectivity index (χ3n) is 7.93. The van der Waals surface area contributed by atoms with Gasteiger partial charge in [-0.3, -0.25) is 9.69 Å². The number of hydrogen-bond donors (Lipinski definition) is 0. The van der Waals surface area contributed by atoms with Crippen molar-refractivity contribution in [2.75, 3.05) is 13.1 Å². The van der Waals surface area contributed by atoms with Gasteiger partial charge in [-0.2, -0.15) is 0 Å². The smallest absolute Gasteiger partial charge is 0.289 e. The van der Waals surface area contributed by atoms with Crippen LogP contribution in [0.15, 0.2) is 63.6 Å². The second-order valence-electron chi connectivity index (χ2n) is 11.3. The quantitative estimate of drug-likeness (QED) is 0.225. The summed E-state index contributed by atoms with van der Waals surface area (Å²) in [5.41, 5.74) is 5.57. The van der Waals surface area contributed by atoms with Crippen LogP contribution in [0.4, 0.5) is 0 Å². The first kappa shape index (κ1) is 29.1. The summed E-state index contributed by atoms with van der Waals surface area (Å²) in [6.07, 6.45) is 2.03. The Hall–Kier alpha value is -3.43. The molecule has 1 amide bonds. The number of furan rings is 1. The van der Waals surface area contributed by atoms with Crippen LogP contribution < -0.4 is 4.74 Å². The minimum absolute atomic E-state index is 0.0804. The van der Waals surface area contributed by atoms with Crippen LogP contribution in [0.25, 0.3) is 0 Å². The first-order valence-electron chi connectivity index (χ1n) is 14.1. The van der Waals surface area contributed by atoms with Gasteiger partial charge in [-0.05, 0) is 82.5 Å². The third kappa shape index (κ3) is 6.57. The minimum atomic E-state index is -0.0920. The largest absolute Gasteiger partial charge is 0.485 e. The van der Waals surface area contributed by atoms with Crippen LogP contribution in [-0.2, 0) is 13.2 Å². The molecule has 2 aromatic heterocycles. The summed E-state index contributed by atoms with van der Waals surface area (Å²) in [7, 11) is 0. The van der Waals surface area contributed by atoms with Gasteiger partial charge < -0.3 is 14.1 Å². The topological polar surface area (TPSA) is 76.6 Å². The van der Waals surface area contributed by atoms with E-state index in [1.165, 1.54) is 16.7 Å². The standard InChI is InChI=1S/C32H38BrN5O3/c1-20-7-11-30(22(3)13-20)40-19-28-9-12-31(41-28)32(39)36-15-23(4)37(24(5)16-36)17-27-18-38(35-34-27)25(6)26-8-10-29(33)21(2)14-26/h7-14,18,23-25H,15-17,19H2,1-6H3/t23-,24+,25-/m0/s1. The summed E-state index contributed by atoms with van der Waals surface area (Å²) in [5.74, 6) is 1.70. The van der Waals surface area contributed by atoms with Gasteiger partial charge in [0.15, 0.2) is 5.76 Å². The highest BCUT2D eigenvalue weighted by molar-refractivity contribution is 9.10. The van der Waals surface area contributed by atoms with Gasteiger partial charge in [0.05, 0.1) is 17.9 Å². The number of hydrogen-bond acceptors (Lipinski definition) is 6. The number of aryl methyl sites for hydroxylation is 3. The van der Waals surface area contributed by atoms with Crippen LogP contribution in [0, 0.1) is 20.8 Å². The van der Waals surface area contributed by atoms with E-state index in [1.54, 1.807) is 6.07 Å². The monoisotopic (exact) mass is 619 g/mol. The Balaban J connectivity index is 1.17. The van der Waals surface area contributed by atoms with Crippen LogP contribution in [0.5, 0.6) is 5.75 Å². The molecular weight excluding hydrogens is 582 g/mol. The minimum Gasteiger partial charge on any atom is -0.485 e. The highest BCUT2D eigenvalue weighted by atomic mass is 79.9. The molecule has 216 valence electrons. The Labute approximate surface area is 250 Å². The summed E-state index contributed by atoms with van der Waals surface area (Å²) in [4.78, 5) is 17.6. The fraction of sp³-hybridized carbons (Fsp3) is 0.406. The first-order valence-corrected chi connectivity index (χ1v) is 14.9. The average molecular weight is 621 g/mol. The van der Waals surface area contributed by atoms with Crippen molar-refractivity contribution in [3.05, 3.63) is 98.7 Å². The fourth-order valence-electron chi connectivity index (χ4n) is 5.51. The normalized spacial score (nSPS) is 18.5. The van der Waals surface area contributed by atoms with Gasteiger partial charge in [0.1, 0.15) is 18.1 Å². The van der Waals surface area contributed by atoms with Crippen molar-refractivity contribution in [3.63, 3.8) is 0 Å². The molecule has 0 N–H and O–H groups in total. The highest BCUT2D eigenvalue weighted by Gasteiger charge is 2.33. The van der Waals surface area contributed by atoms with Gasteiger partial charge in [-0.15, -0.1) is 5.10 Å². The van der Waals surface area contributed by atoms with Crippen molar-refractivity contribution >= 4 is 21.8 Å². The molecule has 0 radical (unpaired) electrons. The van der Waals surface area contributed by atoms with E-state index in [9.17, 15) is 4.79 Å². The van der Waals surface area contributed by atoms with Gasteiger partial charge in [0.2, 0.25) is 0 Å². The maximum absolute atomic E-state index is 13.3. The van der Waals surface area contributed by atoms with Crippen molar-refractivity contribution in [2.45, 2.75) is 72.8 Å². The Morgan fingerprint density at radius 3 is 2.51 bits per heavy atom. The SMILES string of the molecule is Cc1ccc(OCc2ccc(C(=O)N3C[C@@H](C)N(Cc4cn([C@@H](C)c5ccc(Br)c(C)c5)nn4)[C@@H](C)C3)o2)c(C)c1. The number of ether oxygens (including phenoxy) is 1. The van der Waals surface area contributed by atoms with E-state index in [1.807, 2.05) is 40.9 Å².